The Morgan fingerprint density at radius 1 is 0.667 bits per heavy atom. The Bertz CT molecular complexity index is 260. The molecule has 3 N–H and O–H groups in total. The summed E-state index contributed by atoms with van der Waals surface area (Å²) in [4.78, 5) is 11.4. The minimum atomic E-state index is 0.0972. The van der Waals surface area contributed by atoms with Crippen LogP contribution in [0.4, 0.5) is 0 Å². The maximum Gasteiger partial charge on any atom is 0.220 e. The molecule has 4 nitrogen and oxygen atoms in total. The Labute approximate surface area is 150 Å². The summed E-state index contributed by atoms with van der Waals surface area (Å²) in [5.41, 5.74) is 2.03. The van der Waals surface area contributed by atoms with Gasteiger partial charge in [-0.25, -0.2) is 5.48 Å². The average molecular weight is 343 g/mol. The van der Waals surface area contributed by atoms with E-state index in [9.17, 15) is 4.79 Å². The number of carbonyl (C=O) groups excluding carboxylic acids is 1. The molecule has 0 heterocycles. The molecule has 0 fully saturated rings. The van der Waals surface area contributed by atoms with Crippen molar-refractivity contribution in [1.82, 2.24) is 10.8 Å². The summed E-state index contributed by atoms with van der Waals surface area (Å²) in [7, 11) is 0. The molecular formula is C20H42N2O2. The molecule has 0 atom stereocenters. The third kappa shape index (κ3) is 19.4. The molecule has 144 valence electrons. The summed E-state index contributed by atoms with van der Waals surface area (Å²) in [5, 5.41) is 11.2. The largest absolute Gasteiger partial charge is 0.355 e. The second-order valence-electron chi connectivity index (χ2n) is 6.96. The van der Waals surface area contributed by atoms with Crippen molar-refractivity contribution in [3.05, 3.63) is 0 Å². The van der Waals surface area contributed by atoms with Gasteiger partial charge in [-0.3, -0.25) is 4.79 Å². The van der Waals surface area contributed by atoms with Crippen molar-refractivity contribution in [2.45, 2.75) is 110 Å². The van der Waals surface area contributed by atoms with Gasteiger partial charge in [-0.05, 0) is 6.42 Å². The summed E-state index contributed by atoms with van der Waals surface area (Å²) in [5.74, 6) is 0.0972. The van der Waals surface area contributed by atoms with E-state index in [-0.39, 0.29) is 5.91 Å². The average Bonchev–Trinajstić information content (AvgIpc) is 2.58. The van der Waals surface area contributed by atoms with E-state index in [1.807, 2.05) is 5.48 Å². The highest BCUT2D eigenvalue weighted by atomic mass is 16.5. The fourth-order valence-electron chi connectivity index (χ4n) is 3.00. The monoisotopic (exact) mass is 342 g/mol. The van der Waals surface area contributed by atoms with Gasteiger partial charge in [-0.2, -0.15) is 0 Å². The van der Waals surface area contributed by atoms with Crippen molar-refractivity contribution in [3.63, 3.8) is 0 Å². The molecule has 0 aromatic rings. The molecule has 0 rings (SSSR count). The highest BCUT2D eigenvalue weighted by Crippen LogP contribution is 2.13. The molecule has 0 saturated carbocycles. The zero-order valence-electron chi connectivity index (χ0n) is 16.1. The molecule has 0 radical (unpaired) electrons. The van der Waals surface area contributed by atoms with Crippen LogP contribution in [0.3, 0.4) is 0 Å². The van der Waals surface area contributed by atoms with E-state index < -0.39 is 0 Å². The molecule has 0 aliphatic carbocycles. The number of hydroxylamine groups is 1. The quantitative estimate of drug-likeness (QED) is 0.219. The van der Waals surface area contributed by atoms with Crippen molar-refractivity contribution in [3.8, 4) is 0 Å². The summed E-state index contributed by atoms with van der Waals surface area (Å²) < 4.78 is 0. The van der Waals surface area contributed by atoms with E-state index in [2.05, 4.69) is 12.2 Å². The van der Waals surface area contributed by atoms with Gasteiger partial charge in [0.1, 0.15) is 0 Å². The molecule has 0 aliphatic rings. The van der Waals surface area contributed by atoms with Crippen molar-refractivity contribution >= 4 is 5.91 Å². The summed E-state index contributed by atoms with van der Waals surface area (Å²) in [6.07, 6.45) is 20.8. The molecule has 0 unspecified atom stereocenters. The molecule has 0 saturated heterocycles. The normalized spacial score (nSPS) is 10.9. The van der Waals surface area contributed by atoms with Crippen LogP contribution in [0.25, 0.3) is 0 Å². The fraction of sp³-hybridized carbons (Fsp3) is 0.950. The first-order chi connectivity index (χ1) is 11.8. The first-order valence-electron chi connectivity index (χ1n) is 10.4. The molecule has 0 aliphatic heterocycles. The van der Waals surface area contributed by atoms with Crippen molar-refractivity contribution < 1.29 is 10.0 Å². The number of amides is 1. The molecule has 0 spiro atoms. The molecular weight excluding hydrogens is 300 g/mol. The minimum Gasteiger partial charge on any atom is -0.355 e. The molecule has 4 heteroatoms. The van der Waals surface area contributed by atoms with Gasteiger partial charge in [0.05, 0.1) is 0 Å². The highest BCUT2D eigenvalue weighted by molar-refractivity contribution is 5.75. The van der Waals surface area contributed by atoms with E-state index >= 15 is 0 Å². The number of hydrogen-bond acceptors (Lipinski definition) is 3. The number of rotatable bonds is 19. The predicted molar refractivity (Wildman–Crippen MR) is 102 cm³/mol. The number of carbonyl (C=O) groups is 1. The van der Waals surface area contributed by atoms with Crippen LogP contribution in [0.1, 0.15) is 110 Å². The van der Waals surface area contributed by atoms with E-state index in [1.165, 1.54) is 83.5 Å². The molecule has 0 aromatic carbocycles. The summed E-state index contributed by atoms with van der Waals surface area (Å²) in [6, 6.07) is 0. The van der Waals surface area contributed by atoms with Gasteiger partial charge in [-0.1, -0.05) is 96.8 Å². The summed E-state index contributed by atoms with van der Waals surface area (Å²) >= 11 is 0. The number of hydrogen-bond donors (Lipinski definition) is 3. The van der Waals surface area contributed by atoms with E-state index in [0.717, 1.165) is 12.8 Å². The van der Waals surface area contributed by atoms with Gasteiger partial charge < -0.3 is 10.5 Å². The van der Waals surface area contributed by atoms with Gasteiger partial charge in [0.2, 0.25) is 5.91 Å². The molecule has 24 heavy (non-hydrogen) atoms. The lowest BCUT2D eigenvalue weighted by Crippen LogP contribution is -2.30. The third-order valence-electron chi connectivity index (χ3n) is 4.57. The zero-order valence-corrected chi connectivity index (χ0v) is 16.1. The number of unbranched alkanes of at least 4 members (excludes halogenated alkanes) is 14. The second-order valence-corrected chi connectivity index (χ2v) is 6.96. The lowest BCUT2D eigenvalue weighted by Gasteiger charge is -2.05. The topological polar surface area (TPSA) is 61.4 Å². The predicted octanol–water partition coefficient (Wildman–Crippen LogP) is 5.34. The van der Waals surface area contributed by atoms with E-state index in [1.54, 1.807) is 0 Å². The maximum absolute atomic E-state index is 11.4. The Morgan fingerprint density at radius 3 is 1.50 bits per heavy atom. The fourth-order valence-corrected chi connectivity index (χ4v) is 3.00. The van der Waals surface area contributed by atoms with Gasteiger partial charge >= 0.3 is 0 Å². The first kappa shape index (κ1) is 23.4. The Kier molecular flexibility index (Phi) is 19.9. The highest BCUT2D eigenvalue weighted by Gasteiger charge is 2.00. The van der Waals surface area contributed by atoms with Crippen LogP contribution in [0.2, 0.25) is 0 Å². The SMILES string of the molecule is CCCCCCCCCCCCCCCCCC(=O)NCCNO. The second kappa shape index (κ2) is 20.4. The third-order valence-corrected chi connectivity index (χ3v) is 4.57. The van der Waals surface area contributed by atoms with Crippen molar-refractivity contribution in [2.75, 3.05) is 13.1 Å². The van der Waals surface area contributed by atoms with Gasteiger partial charge in [0, 0.05) is 19.5 Å². The van der Waals surface area contributed by atoms with Gasteiger partial charge in [0.25, 0.3) is 0 Å². The van der Waals surface area contributed by atoms with E-state index in [0.29, 0.717) is 19.5 Å². The first-order valence-corrected chi connectivity index (χ1v) is 10.4. The van der Waals surface area contributed by atoms with Crippen molar-refractivity contribution in [2.24, 2.45) is 0 Å². The molecule has 0 bridgehead atoms. The van der Waals surface area contributed by atoms with Gasteiger partial charge in [-0.15, -0.1) is 0 Å². The van der Waals surface area contributed by atoms with Gasteiger partial charge in [0.15, 0.2) is 0 Å². The lowest BCUT2D eigenvalue weighted by molar-refractivity contribution is -0.121. The Hall–Kier alpha value is -0.610. The van der Waals surface area contributed by atoms with Crippen LogP contribution in [0.15, 0.2) is 0 Å². The number of nitrogens with one attached hydrogen (secondary N) is 2. The lowest BCUT2D eigenvalue weighted by atomic mass is 10.0. The van der Waals surface area contributed by atoms with Crippen LogP contribution in [-0.2, 0) is 4.79 Å². The minimum absolute atomic E-state index is 0.0972. The molecule has 0 aromatic heterocycles. The zero-order chi connectivity index (χ0) is 17.7. The van der Waals surface area contributed by atoms with Crippen molar-refractivity contribution in [1.29, 1.82) is 0 Å². The van der Waals surface area contributed by atoms with Crippen LogP contribution in [-0.4, -0.2) is 24.2 Å². The van der Waals surface area contributed by atoms with Crippen LogP contribution < -0.4 is 10.8 Å². The van der Waals surface area contributed by atoms with Crippen LogP contribution in [0.5, 0.6) is 0 Å². The molecule has 1 amide bonds. The Morgan fingerprint density at radius 2 is 1.08 bits per heavy atom. The van der Waals surface area contributed by atoms with Crippen LogP contribution in [0, 0.1) is 0 Å². The van der Waals surface area contributed by atoms with E-state index in [4.69, 9.17) is 5.21 Å². The smallest absolute Gasteiger partial charge is 0.220 e. The standard InChI is InChI=1S/C20H42N2O2/c1-2-3-4-5-6-7-8-9-10-11-12-13-14-15-16-17-20(23)21-18-19-22-24/h22,24H,2-19H2,1H3,(H,21,23). The Balaban J connectivity index is 3.06. The summed E-state index contributed by atoms with van der Waals surface area (Å²) in [6.45, 7) is 3.17. The maximum atomic E-state index is 11.4. The van der Waals surface area contributed by atoms with Crippen LogP contribution >= 0.6 is 0 Å².